The third-order valence-corrected chi connectivity index (χ3v) is 4.96. The number of barbiturate groups is 1. The van der Waals surface area contributed by atoms with Gasteiger partial charge in [-0.2, -0.15) is 0 Å². The van der Waals surface area contributed by atoms with Gasteiger partial charge in [0.25, 0.3) is 11.8 Å². The predicted octanol–water partition coefficient (Wildman–Crippen LogP) is 2.86. The Morgan fingerprint density at radius 1 is 1.00 bits per heavy atom. The van der Waals surface area contributed by atoms with Crippen molar-refractivity contribution in [2.24, 2.45) is 7.05 Å². The summed E-state index contributed by atoms with van der Waals surface area (Å²) in [5, 5.41) is 3.11. The maximum absolute atomic E-state index is 13.2. The van der Waals surface area contributed by atoms with Gasteiger partial charge in [-0.25, -0.2) is 9.69 Å². The van der Waals surface area contributed by atoms with Crippen molar-refractivity contribution in [1.29, 1.82) is 0 Å². The molecule has 8 nitrogen and oxygen atoms in total. The van der Waals surface area contributed by atoms with Crippen LogP contribution in [0.25, 0.3) is 17.0 Å². The number of para-hydroxylation sites is 1. The van der Waals surface area contributed by atoms with Crippen molar-refractivity contribution in [2.75, 3.05) is 19.1 Å². The van der Waals surface area contributed by atoms with E-state index in [0.717, 1.165) is 15.8 Å². The molecule has 1 aromatic heterocycles. The number of methoxy groups -OCH3 is 2. The van der Waals surface area contributed by atoms with Crippen LogP contribution in [-0.4, -0.2) is 36.6 Å². The molecule has 1 aliphatic heterocycles. The molecule has 3 aromatic rings. The molecule has 30 heavy (non-hydrogen) atoms. The molecule has 1 fully saturated rings. The highest BCUT2D eigenvalue weighted by Gasteiger charge is 2.38. The van der Waals surface area contributed by atoms with Gasteiger partial charge in [0.05, 0.1) is 19.9 Å². The van der Waals surface area contributed by atoms with Crippen LogP contribution in [0.3, 0.4) is 0 Å². The first-order valence-electron chi connectivity index (χ1n) is 9.12. The van der Waals surface area contributed by atoms with Crippen molar-refractivity contribution in [3.63, 3.8) is 0 Å². The number of benzene rings is 2. The topological polar surface area (TPSA) is 89.9 Å². The van der Waals surface area contributed by atoms with Gasteiger partial charge in [0, 0.05) is 35.8 Å². The highest BCUT2D eigenvalue weighted by molar-refractivity contribution is 6.39. The van der Waals surface area contributed by atoms with Crippen LogP contribution in [-0.2, 0) is 16.6 Å². The summed E-state index contributed by atoms with van der Waals surface area (Å²) >= 11 is 0. The Bertz CT molecular complexity index is 1220. The standard InChI is InChI=1S/C22H19N3O5/c1-24-12-13(15-6-4-5-7-17(15)24)10-16-20(26)23-22(28)25(21(16)27)18-11-14(29-2)8-9-19(18)30-3/h4-12H,1-3H3,(H,23,26,28). The third-order valence-electron chi connectivity index (χ3n) is 4.96. The van der Waals surface area contributed by atoms with Gasteiger partial charge >= 0.3 is 6.03 Å². The number of anilines is 1. The molecular formula is C22H19N3O5. The minimum Gasteiger partial charge on any atom is -0.497 e. The van der Waals surface area contributed by atoms with Crippen LogP contribution < -0.4 is 19.7 Å². The molecule has 8 heteroatoms. The number of nitrogens with zero attached hydrogens (tertiary/aromatic N) is 2. The summed E-state index contributed by atoms with van der Waals surface area (Å²) in [6, 6.07) is 11.5. The fourth-order valence-electron chi connectivity index (χ4n) is 3.49. The fourth-order valence-corrected chi connectivity index (χ4v) is 3.49. The van der Waals surface area contributed by atoms with E-state index in [-0.39, 0.29) is 17.0 Å². The monoisotopic (exact) mass is 405 g/mol. The van der Waals surface area contributed by atoms with Crippen LogP contribution in [0, 0.1) is 0 Å². The highest BCUT2D eigenvalue weighted by atomic mass is 16.5. The van der Waals surface area contributed by atoms with Crippen molar-refractivity contribution in [1.82, 2.24) is 9.88 Å². The van der Waals surface area contributed by atoms with E-state index in [9.17, 15) is 14.4 Å². The lowest BCUT2D eigenvalue weighted by Gasteiger charge is -2.27. The molecule has 0 aliphatic carbocycles. The Hall–Kier alpha value is -4.07. The van der Waals surface area contributed by atoms with Crippen molar-refractivity contribution in [2.45, 2.75) is 0 Å². The molecule has 1 saturated heterocycles. The van der Waals surface area contributed by atoms with Crippen molar-refractivity contribution in [3.8, 4) is 11.5 Å². The predicted molar refractivity (Wildman–Crippen MR) is 111 cm³/mol. The van der Waals surface area contributed by atoms with Crippen LogP contribution in [0.4, 0.5) is 10.5 Å². The number of hydrogen-bond acceptors (Lipinski definition) is 5. The molecule has 4 amide bonds. The van der Waals surface area contributed by atoms with Gasteiger partial charge in [-0.3, -0.25) is 14.9 Å². The zero-order valence-corrected chi connectivity index (χ0v) is 16.6. The maximum Gasteiger partial charge on any atom is 0.336 e. The molecule has 0 atom stereocenters. The summed E-state index contributed by atoms with van der Waals surface area (Å²) < 4.78 is 12.4. The molecule has 4 rings (SSSR count). The molecule has 152 valence electrons. The first-order valence-corrected chi connectivity index (χ1v) is 9.12. The Morgan fingerprint density at radius 2 is 1.77 bits per heavy atom. The third kappa shape index (κ3) is 3.08. The smallest absolute Gasteiger partial charge is 0.336 e. The lowest BCUT2D eigenvalue weighted by Crippen LogP contribution is -2.54. The largest absolute Gasteiger partial charge is 0.497 e. The van der Waals surface area contributed by atoms with E-state index in [4.69, 9.17) is 9.47 Å². The Labute approximate surface area is 172 Å². The van der Waals surface area contributed by atoms with Crippen LogP contribution in [0.1, 0.15) is 5.56 Å². The van der Waals surface area contributed by atoms with Crippen LogP contribution in [0.2, 0.25) is 0 Å². The van der Waals surface area contributed by atoms with Crippen molar-refractivity contribution >= 4 is 40.5 Å². The molecule has 0 unspecified atom stereocenters. The second-order valence-corrected chi connectivity index (χ2v) is 6.71. The summed E-state index contributed by atoms with van der Waals surface area (Å²) in [7, 11) is 4.78. The molecule has 0 bridgehead atoms. The Kier molecular flexibility index (Phi) is 4.75. The number of amides is 4. The van der Waals surface area contributed by atoms with Crippen LogP contribution >= 0.6 is 0 Å². The number of carbonyl (C=O) groups is 3. The molecule has 2 heterocycles. The average molecular weight is 405 g/mol. The number of ether oxygens (including phenoxy) is 2. The second kappa shape index (κ2) is 7.40. The summed E-state index contributed by atoms with van der Waals surface area (Å²) in [4.78, 5) is 39.2. The number of rotatable bonds is 4. The van der Waals surface area contributed by atoms with E-state index in [0.29, 0.717) is 11.3 Å². The minimum atomic E-state index is -0.855. The number of urea groups is 1. The molecule has 0 spiro atoms. The zero-order chi connectivity index (χ0) is 21.4. The van der Waals surface area contributed by atoms with Crippen molar-refractivity contribution in [3.05, 3.63) is 59.8 Å². The molecule has 2 aromatic carbocycles. The summed E-state index contributed by atoms with van der Waals surface area (Å²) in [5.41, 5.74) is 1.67. The van der Waals surface area contributed by atoms with Crippen LogP contribution in [0.15, 0.2) is 54.2 Å². The Balaban J connectivity index is 1.83. The quantitative estimate of drug-likeness (QED) is 0.533. The minimum absolute atomic E-state index is 0.157. The van der Waals surface area contributed by atoms with E-state index >= 15 is 0 Å². The fraction of sp³-hybridized carbons (Fsp3) is 0.136. The Morgan fingerprint density at radius 3 is 2.50 bits per heavy atom. The number of carbonyl (C=O) groups excluding carboxylic acids is 3. The first-order chi connectivity index (χ1) is 14.4. The van der Waals surface area contributed by atoms with E-state index in [2.05, 4.69) is 5.32 Å². The van der Waals surface area contributed by atoms with Crippen LogP contribution in [0.5, 0.6) is 11.5 Å². The van der Waals surface area contributed by atoms with E-state index in [1.165, 1.54) is 26.4 Å². The zero-order valence-electron chi connectivity index (χ0n) is 16.6. The molecule has 0 radical (unpaired) electrons. The van der Waals surface area contributed by atoms with Gasteiger partial charge in [-0.05, 0) is 24.3 Å². The van der Waals surface area contributed by atoms with Gasteiger partial charge in [0.1, 0.15) is 17.1 Å². The SMILES string of the molecule is COc1ccc(OC)c(N2C(=O)NC(=O)C(=Cc3cn(C)c4ccccc34)C2=O)c1. The highest BCUT2D eigenvalue weighted by Crippen LogP contribution is 2.34. The molecule has 0 saturated carbocycles. The molecule has 1 N–H and O–H groups in total. The van der Waals surface area contributed by atoms with Gasteiger partial charge in [-0.15, -0.1) is 0 Å². The summed E-state index contributed by atoms with van der Waals surface area (Å²) in [6.07, 6.45) is 3.32. The number of aromatic nitrogens is 1. The number of imide groups is 2. The van der Waals surface area contributed by atoms with E-state index in [1.807, 2.05) is 42.1 Å². The van der Waals surface area contributed by atoms with Gasteiger partial charge in [0.2, 0.25) is 0 Å². The maximum atomic E-state index is 13.2. The second-order valence-electron chi connectivity index (χ2n) is 6.71. The number of aryl methyl sites for hydroxylation is 1. The van der Waals surface area contributed by atoms with Crippen molar-refractivity contribution < 1.29 is 23.9 Å². The summed E-state index contributed by atoms with van der Waals surface area (Å²) in [6.45, 7) is 0. The lowest BCUT2D eigenvalue weighted by atomic mass is 10.1. The van der Waals surface area contributed by atoms with E-state index < -0.39 is 17.8 Å². The normalized spacial score (nSPS) is 15.6. The molecular weight excluding hydrogens is 386 g/mol. The lowest BCUT2D eigenvalue weighted by molar-refractivity contribution is -0.122. The number of hydrogen-bond donors (Lipinski definition) is 1. The van der Waals surface area contributed by atoms with Gasteiger partial charge in [-0.1, -0.05) is 18.2 Å². The first kappa shape index (κ1) is 19.3. The van der Waals surface area contributed by atoms with Gasteiger partial charge in [0.15, 0.2) is 0 Å². The summed E-state index contributed by atoms with van der Waals surface area (Å²) in [5.74, 6) is -0.777. The average Bonchev–Trinajstić information content (AvgIpc) is 3.06. The number of nitrogens with one attached hydrogen (secondary N) is 1. The molecule has 1 aliphatic rings. The van der Waals surface area contributed by atoms with Gasteiger partial charge < -0.3 is 14.0 Å². The number of fused-ring (bicyclic) bond motifs is 1. The van der Waals surface area contributed by atoms with E-state index in [1.54, 1.807) is 12.1 Å².